The second-order valence-corrected chi connectivity index (χ2v) is 5.05. The van der Waals surface area contributed by atoms with E-state index in [2.05, 4.69) is 25.7 Å². The number of ether oxygens (including phenoxy) is 2. The molecule has 5 heteroatoms. The third-order valence-electron chi connectivity index (χ3n) is 3.21. The maximum Gasteiger partial charge on any atom is 0.411 e. The van der Waals surface area contributed by atoms with Crippen molar-refractivity contribution in [2.45, 2.75) is 26.7 Å². The van der Waals surface area contributed by atoms with Crippen LogP contribution in [0.2, 0.25) is 0 Å². The Morgan fingerprint density at radius 1 is 1.23 bits per heavy atom. The molecule has 0 fully saturated rings. The van der Waals surface area contributed by atoms with Gasteiger partial charge in [0.15, 0.2) is 0 Å². The molecule has 0 aliphatic carbocycles. The summed E-state index contributed by atoms with van der Waals surface area (Å²) in [5.41, 5.74) is 1.91. The summed E-state index contributed by atoms with van der Waals surface area (Å²) in [5.74, 6) is 0.1000. The van der Waals surface area contributed by atoms with Crippen molar-refractivity contribution >= 4 is 17.7 Å². The van der Waals surface area contributed by atoms with Crippen LogP contribution >= 0.6 is 0 Å². The Labute approximate surface area is 131 Å². The number of nitrogens with one attached hydrogen (secondary N) is 1. The maximum absolute atomic E-state index is 11.5. The van der Waals surface area contributed by atoms with E-state index in [0.717, 1.165) is 18.9 Å². The van der Waals surface area contributed by atoms with Crippen molar-refractivity contribution < 1.29 is 19.1 Å². The Morgan fingerprint density at radius 3 is 2.45 bits per heavy atom. The van der Waals surface area contributed by atoms with E-state index in [1.54, 1.807) is 0 Å². The smallest absolute Gasteiger partial charge is 0.411 e. The Kier molecular flexibility index (Phi) is 7.75. The number of anilines is 1. The normalized spacial score (nSPS) is 11.4. The Bertz CT molecular complexity index is 496. The molecule has 22 heavy (non-hydrogen) atoms. The lowest BCUT2D eigenvalue weighted by Crippen LogP contribution is -2.17. The van der Waals surface area contributed by atoms with Crippen molar-refractivity contribution in [3.05, 3.63) is 42.5 Å². The number of esters is 1. The van der Waals surface area contributed by atoms with E-state index in [0.29, 0.717) is 11.6 Å². The van der Waals surface area contributed by atoms with E-state index < -0.39 is 12.1 Å². The minimum Gasteiger partial charge on any atom is -0.459 e. The quantitative estimate of drug-likeness (QED) is 0.453. The highest BCUT2D eigenvalue weighted by Crippen LogP contribution is 2.15. The predicted octanol–water partition coefficient (Wildman–Crippen LogP) is 3.55. The number of benzene rings is 1. The zero-order valence-corrected chi connectivity index (χ0v) is 13.1. The molecule has 0 aliphatic heterocycles. The van der Waals surface area contributed by atoms with Gasteiger partial charge in [-0.05, 0) is 30.0 Å². The van der Waals surface area contributed by atoms with Gasteiger partial charge in [0.1, 0.15) is 13.2 Å². The van der Waals surface area contributed by atoms with Gasteiger partial charge in [0.2, 0.25) is 0 Å². The molecule has 0 aliphatic rings. The number of carbonyl (C=O) groups is 2. The van der Waals surface area contributed by atoms with E-state index in [-0.39, 0.29) is 13.2 Å². The minimum absolute atomic E-state index is 0.00247. The molecule has 1 aromatic carbocycles. The van der Waals surface area contributed by atoms with Crippen LogP contribution in [0.3, 0.4) is 0 Å². The fraction of sp³-hybridized carbons (Fsp3) is 0.412. The van der Waals surface area contributed by atoms with Crippen molar-refractivity contribution in [3.8, 4) is 0 Å². The molecule has 1 unspecified atom stereocenters. The molecule has 1 atom stereocenters. The van der Waals surface area contributed by atoms with E-state index in [4.69, 9.17) is 9.47 Å². The monoisotopic (exact) mass is 305 g/mol. The van der Waals surface area contributed by atoms with Gasteiger partial charge >= 0.3 is 12.1 Å². The molecule has 0 saturated carbocycles. The van der Waals surface area contributed by atoms with Gasteiger partial charge < -0.3 is 9.47 Å². The molecule has 0 radical (unpaired) electrons. The van der Waals surface area contributed by atoms with Crippen LogP contribution in [0, 0.1) is 5.92 Å². The SMILES string of the molecule is C=CC(=O)OCCOC(=O)Nc1ccc(CC(C)CC)cc1. The van der Waals surface area contributed by atoms with Crippen LogP contribution in [0.5, 0.6) is 0 Å². The van der Waals surface area contributed by atoms with Gasteiger partial charge in [-0.25, -0.2) is 9.59 Å². The van der Waals surface area contributed by atoms with Gasteiger partial charge in [0.05, 0.1) is 0 Å². The largest absolute Gasteiger partial charge is 0.459 e. The lowest BCUT2D eigenvalue weighted by Gasteiger charge is -2.10. The maximum atomic E-state index is 11.5. The van der Waals surface area contributed by atoms with Crippen LogP contribution in [-0.2, 0) is 20.7 Å². The molecular weight excluding hydrogens is 282 g/mol. The molecule has 1 aromatic rings. The summed E-state index contributed by atoms with van der Waals surface area (Å²) >= 11 is 0. The van der Waals surface area contributed by atoms with Gasteiger partial charge in [0, 0.05) is 11.8 Å². The first kappa shape index (κ1) is 17.8. The number of carbonyl (C=O) groups excluding carboxylic acids is 2. The summed E-state index contributed by atoms with van der Waals surface area (Å²) < 4.78 is 9.58. The number of rotatable bonds is 8. The summed E-state index contributed by atoms with van der Waals surface area (Å²) in [5, 5.41) is 2.62. The van der Waals surface area contributed by atoms with Crippen molar-refractivity contribution in [2.24, 2.45) is 5.92 Å². The fourth-order valence-corrected chi connectivity index (χ4v) is 1.76. The first-order chi connectivity index (χ1) is 10.5. The average Bonchev–Trinajstić information content (AvgIpc) is 2.53. The number of amides is 1. The van der Waals surface area contributed by atoms with Gasteiger partial charge in [-0.2, -0.15) is 0 Å². The standard InChI is InChI=1S/C17H23NO4/c1-4-13(3)12-14-6-8-15(9-7-14)18-17(20)22-11-10-21-16(19)5-2/h5-9,13H,2,4,10-12H2,1,3H3,(H,18,20). The summed E-state index contributed by atoms with van der Waals surface area (Å²) in [6, 6.07) is 7.68. The molecule has 5 nitrogen and oxygen atoms in total. The van der Waals surface area contributed by atoms with Crippen LogP contribution < -0.4 is 5.32 Å². The molecule has 0 spiro atoms. The average molecular weight is 305 g/mol. The zero-order chi connectivity index (χ0) is 16.4. The van der Waals surface area contributed by atoms with Crippen molar-refractivity contribution in [1.29, 1.82) is 0 Å². The fourth-order valence-electron chi connectivity index (χ4n) is 1.76. The first-order valence-electron chi connectivity index (χ1n) is 7.37. The van der Waals surface area contributed by atoms with Crippen LogP contribution in [-0.4, -0.2) is 25.3 Å². The summed E-state index contributed by atoms with van der Waals surface area (Å²) in [4.78, 5) is 22.3. The van der Waals surface area contributed by atoms with Gasteiger partial charge in [0.25, 0.3) is 0 Å². The van der Waals surface area contributed by atoms with E-state index in [9.17, 15) is 9.59 Å². The second kappa shape index (κ2) is 9.60. The van der Waals surface area contributed by atoms with E-state index >= 15 is 0 Å². The van der Waals surface area contributed by atoms with Crippen LogP contribution in [0.1, 0.15) is 25.8 Å². The molecule has 1 N–H and O–H groups in total. The van der Waals surface area contributed by atoms with Crippen molar-refractivity contribution in [1.82, 2.24) is 0 Å². The number of hydrogen-bond acceptors (Lipinski definition) is 4. The lowest BCUT2D eigenvalue weighted by molar-refractivity contribution is -0.138. The highest BCUT2D eigenvalue weighted by molar-refractivity contribution is 5.84. The van der Waals surface area contributed by atoms with Crippen LogP contribution in [0.25, 0.3) is 0 Å². The Hall–Kier alpha value is -2.30. The molecule has 1 amide bonds. The van der Waals surface area contributed by atoms with Gasteiger partial charge in [-0.1, -0.05) is 39.0 Å². The molecule has 1 rings (SSSR count). The zero-order valence-electron chi connectivity index (χ0n) is 13.1. The molecule has 0 bridgehead atoms. The Balaban J connectivity index is 2.32. The number of hydrogen-bond donors (Lipinski definition) is 1. The lowest BCUT2D eigenvalue weighted by atomic mass is 9.99. The molecule has 0 heterocycles. The van der Waals surface area contributed by atoms with Crippen LogP contribution in [0.4, 0.5) is 10.5 Å². The third kappa shape index (κ3) is 6.92. The molecule has 0 saturated heterocycles. The van der Waals surface area contributed by atoms with Crippen molar-refractivity contribution in [2.75, 3.05) is 18.5 Å². The highest BCUT2D eigenvalue weighted by Gasteiger charge is 2.05. The predicted molar refractivity (Wildman–Crippen MR) is 85.7 cm³/mol. The van der Waals surface area contributed by atoms with Gasteiger partial charge in [-0.15, -0.1) is 0 Å². The topological polar surface area (TPSA) is 64.6 Å². The van der Waals surface area contributed by atoms with E-state index in [1.165, 1.54) is 5.56 Å². The Morgan fingerprint density at radius 2 is 1.86 bits per heavy atom. The van der Waals surface area contributed by atoms with E-state index in [1.807, 2.05) is 24.3 Å². The summed E-state index contributed by atoms with van der Waals surface area (Å²) in [7, 11) is 0. The molecular formula is C17H23NO4. The molecule has 0 aromatic heterocycles. The summed E-state index contributed by atoms with van der Waals surface area (Å²) in [6.45, 7) is 7.65. The second-order valence-electron chi connectivity index (χ2n) is 5.05. The first-order valence-corrected chi connectivity index (χ1v) is 7.37. The van der Waals surface area contributed by atoms with Gasteiger partial charge in [-0.3, -0.25) is 5.32 Å². The highest BCUT2D eigenvalue weighted by atomic mass is 16.6. The minimum atomic E-state index is -0.579. The van der Waals surface area contributed by atoms with Crippen LogP contribution in [0.15, 0.2) is 36.9 Å². The summed E-state index contributed by atoms with van der Waals surface area (Å²) in [6.07, 6.45) is 2.64. The third-order valence-corrected chi connectivity index (χ3v) is 3.21. The van der Waals surface area contributed by atoms with Crippen molar-refractivity contribution in [3.63, 3.8) is 0 Å². The molecule has 120 valence electrons.